The number of hydrogen-bond donors (Lipinski definition) is 1. The SMILES string of the molecule is CCc1cc2c(=O)c(-c3nc4ccccc4s3)c(C(C)C)oc2c(CN2CCC(C)CC2)c1O. The van der Waals surface area contributed by atoms with Crippen LogP contribution in [0.4, 0.5) is 0 Å². The molecule has 0 saturated carbocycles. The number of aromatic nitrogens is 1. The van der Waals surface area contributed by atoms with E-state index < -0.39 is 0 Å². The van der Waals surface area contributed by atoms with Gasteiger partial charge in [0.25, 0.3) is 0 Å². The van der Waals surface area contributed by atoms with Crippen molar-refractivity contribution in [2.24, 2.45) is 5.92 Å². The van der Waals surface area contributed by atoms with Crippen LogP contribution in [-0.2, 0) is 13.0 Å². The molecule has 34 heavy (non-hydrogen) atoms. The third-order valence-electron chi connectivity index (χ3n) is 7.03. The van der Waals surface area contributed by atoms with Crippen LogP contribution in [0.1, 0.15) is 63.3 Å². The molecule has 0 spiro atoms. The molecule has 1 saturated heterocycles. The first-order valence-electron chi connectivity index (χ1n) is 12.3. The minimum atomic E-state index is -0.0628. The van der Waals surface area contributed by atoms with Crippen molar-refractivity contribution in [2.45, 2.75) is 59.4 Å². The van der Waals surface area contributed by atoms with Gasteiger partial charge in [0.15, 0.2) is 0 Å². The summed E-state index contributed by atoms with van der Waals surface area (Å²) in [5, 5.41) is 12.4. The second-order valence-electron chi connectivity index (χ2n) is 9.86. The van der Waals surface area contributed by atoms with E-state index in [9.17, 15) is 9.90 Å². The summed E-state index contributed by atoms with van der Waals surface area (Å²) in [5.74, 6) is 1.62. The van der Waals surface area contributed by atoms with Crippen molar-refractivity contribution in [3.63, 3.8) is 0 Å². The Labute approximate surface area is 204 Å². The number of fused-ring (bicyclic) bond motifs is 2. The number of piperidine rings is 1. The van der Waals surface area contributed by atoms with Gasteiger partial charge in [-0.05, 0) is 62.0 Å². The first kappa shape index (κ1) is 23.1. The maximum absolute atomic E-state index is 14.0. The smallest absolute Gasteiger partial charge is 0.203 e. The maximum Gasteiger partial charge on any atom is 0.203 e. The second kappa shape index (κ2) is 9.16. The summed E-state index contributed by atoms with van der Waals surface area (Å²) < 4.78 is 7.59. The van der Waals surface area contributed by atoms with E-state index in [2.05, 4.69) is 11.8 Å². The fourth-order valence-electron chi connectivity index (χ4n) is 4.91. The lowest BCUT2D eigenvalue weighted by atomic mass is 9.96. The molecule has 5 rings (SSSR count). The molecular formula is C28H32N2O3S. The lowest BCUT2D eigenvalue weighted by molar-refractivity contribution is 0.183. The van der Waals surface area contributed by atoms with Crippen molar-refractivity contribution in [1.82, 2.24) is 9.88 Å². The molecule has 1 aliphatic rings. The Hall–Kier alpha value is -2.70. The first-order valence-corrected chi connectivity index (χ1v) is 13.1. The number of likely N-dealkylation sites (tertiary alicyclic amines) is 1. The monoisotopic (exact) mass is 476 g/mol. The molecule has 0 radical (unpaired) electrons. The van der Waals surface area contributed by atoms with Crippen molar-refractivity contribution in [3.8, 4) is 16.3 Å². The van der Waals surface area contributed by atoms with Gasteiger partial charge in [-0.3, -0.25) is 9.69 Å². The summed E-state index contributed by atoms with van der Waals surface area (Å²) in [7, 11) is 0. The number of aryl methyl sites for hydroxylation is 1. The quantitative estimate of drug-likeness (QED) is 0.347. The van der Waals surface area contributed by atoms with Crippen molar-refractivity contribution in [2.75, 3.05) is 13.1 Å². The minimum absolute atomic E-state index is 0.00390. The minimum Gasteiger partial charge on any atom is -0.507 e. The number of rotatable bonds is 5. The Balaban J connectivity index is 1.74. The molecule has 6 heteroatoms. The highest BCUT2D eigenvalue weighted by Crippen LogP contribution is 2.38. The van der Waals surface area contributed by atoms with Gasteiger partial charge >= 0.3 is 0 Å². The Kier molecular flexibility index (Phi) is 6.21. The lowest BCUT2D eigenvalue weighted by Gasteiger charge is -2.30. The first-order chi connectivity index (χ1) is 16.4. The highest BCUT2D eigenvalue weighted by atomic mass is 32.1. The summed E-state index contributed by atoms with van der Waals surface area (Å²) >= 11 is 1.52. The van der Waals surface area contributed by atoms with E-state index >= 15 is 0 Å². The molecule has 2 aromatic carbocycles. The molecule has 0 amide bonds. The number of phenols is 1. The van der Waals surface area contributed by atoms with Gasteiger partial charge in [-0.1, -0.05) is 39.8 Å². The summed E-state index contributed by atoms with van der Waals surface area (Å²) in [6.07, 6.45) is 2.94. The Bertz CT molecular complexity index is 1380. The fraction of sp³-hybridized carbons (Fsp3) is 0.429. The van der Waals surface area contributed by atoms with Crippen LogP contribution in [0.3, 0.4) is 0 Å². The van der Waals surface area contributed by atoms with Crippen molar-refractivity contribution in [1.29, 1.82) is 0 Å². The number of para-hydroxylation sites is 1. The molecule has 2 aromatic heterocycles. The summed E-state index contributed by atoms with van der Waals surface area (Å²) in [4.78, 5) is 21.2. The predicted octanol–water partition coefficient (Wildman–Crippen LogP) is 6.69. The third-order valence-corrected chi connectivity index (χ3v) is 8.08. The number of benzene rings is 2. The highest BCUT2D eigenvalue weighted by molar-refractivity contribution is 7.21. The molecule has 178 valence electrons. The van der Waals surface area contributed by atoms with Crippen LogP contribution in [0.15, 0.2) is 39.5 Å². The zero-order chi connectivity index (χ0) is 24.0. The van der Waals surface area contributed by atoms with Gasteiger partial charge in [0.05, 0.1) is 26.7 Å². The average molecular weight is 477 g/mol. The van der Waals surface area contributed by atoms with Crippen molar-refractivity contribution in [3.05, 3.63) is 57.4 Å². The average Bonchev–Trinajstić information content (AvgIpc) is 3.25. The van der Waals surface area contributed by atoms with Crippen LogP contribution < -0.4 is 5.43 Å². The zero-order valence-corrected chi connectivity index (χ0v) is 21.2. The standard InChI is InChI=1S/C28H32N2O3S/c1-5-18-14-19-25(32)23(28-29-21-8-6-7-9-22(21)34-28)26(16(2)3)33-27(19)20(24(18)31)15-30-12-10-17(4)11-13-30/h6-9,14,16-17,31H,5,10-13,15H2,1-4H3. The van der Waals surface area contributed by atoms with Crippen LogP contribution in [0.5, 0.6) is 5.75 Å². The van der Waals surface area contributed by atoms with Gasteiger partial charge in [-0.15, -0.1) is 11.3 Å². The predicted molar refractivity (Wildman–Crippen MR) is 140 cm³/mol. The Morgan fingerprint density at radius 3 is 2.65 bits per heavy atom. The number of nitrogens with zero attached hydrogens (tertiary/aromatic N) is 2. The summed E-state index contributed by atoms with van der Waals surface area (Å²) in [6.45, 7) is 10.9. The molecule has 0 aliphatic carbocycles. The molecule has 3 heterocycles. The summed E-state index contributed by atoms with van der Waals surface area (Å²) in [6, 6.07) is 9.76. The van der Waals surface area contributed by atoms with E-state index in [1.165, 1.54) is 11.3 Å². The van der Waals surface area contributed by atoms with E-state index in [1.807, 2.05) is 51.1 Å². The molecular weight excluding hydrogens is 444 g/mol. The number of thiazole rings is 1. The number of phenolic OH excluding ortho intramolecular Hbond substituents is 1. The van der Waals surface area contributed by atoms with E-state index in [-0.39, 0.29) is 17.1 Å². The Morgan fingerprint density at radius 1 is 1.24 bits per heavy atom. The molecule has 0 unspecified atom stereocenters. The van der Waals surface area contributed by atoms with Crippen LogP contribution in [0.25, 0.3) is 31.8 Å². The van der Waals surface area contributed by atoms with Gasteiger partial charge in [0.1, 0.15) is 22.1 Å². The number of aromatic hydroxyl groups is 1. The molecule has 0 atom stereocenters. The number of hydrogen-bond acceptors (Lipinski definition) is 6. The topological polar surface area (TPSA) is 66.6 Å². The van der Waals surface area contributed by atoms with Crippen LogP contribution >= 0.6 is 11.3 Å². The molecule has 1 N–H and O–H groups in total. The fourth-order valence-corrected chi connectivity index (χ4v) is 5.93. The molecule has 4 aromatic rings. The lowest BCUT2D eigenvalue weighted by Crippen LogP contribution is -2.32. The van der Waals surface area contributed by atoms with Crippen molar-refractivity contribution < 1.29 is 9.52 Å². The van der Waals surface area contributed by atoms with Crippen molar-refractivity contribution >= 4 is 32.5 Å². The summed E-state index contributed by atoms with van der Waals surface area (Å²) in [5.41, 5.74) is 3.41. The van der Waals surface area contributed by atoms with Crippen LogP contribution in [0, 0.1) is 5.92 Å². The van der Waals surface area contributed by atoms with Gasteiger partial charge in [-0.2, -0.15) is 0 Å². The van der Waals surface area contributed by atoms with E-state index in [4.69, 9.17) is 9.40 Å². The Morgan fingerprint density at radius 2 is 1.97 bits per heavy atom. The molecule has 1 fully saturated rings. The van der Waals surface area contributed by atoms with Gasteiger partial charge < -0.3 is 9.52 Å². The van der Waals surface area contributed by atoms with E-state index in [1.54, 1.807) is 0 Å². The van der Waals surface area contributed by atoms with Gasteiger partial charge in [-0.25, -0.2) is 4.98 Å². The molecule has 1 aliphatic heterocycles. The van der Waals surface area contributed by atoms with Gasteiger partial charge in [0, 0.05) is 12.5 Å². The van der Waals surface area contributed by atoms with Gasteiger partial charge in [0.2, 0.25) is 5.43 Å². The highest BCUT2D eigenvalue weighted by Gasteiger charge is 2.26. The maximum atomic E-state index is 14.0. The third kappa shape index (κ3) is 4.03. The largest absolute Gasteiger partial charge is 0.507 e. The van der Waals surface area contributed by atoms with E-state index in [0.29, 0.717) is 40.3 Å². The molecule has 0 bridgehead atoms. The molecule has 5 nitrogen and oxygen atoms in total. The van der Waals surface area contributed by atoms with Crippen LogP contribution in [0.2, 0.25) is 0 Å². The van der Waals surface area contributed by atoms with E-state index in [0.717, 1.165) is 53.2 Å². The zero-order valence-electron chi connectivity index (χ0n) is 20.4. The normalized spacial score (nSPS) is 15.7. The second-order valence-corrected chi connectivity index (χ2v) is 10.9. The van der Waals surface area contributed by atoms with Crippen LogP contribution in [-0.4, -0.2) is 28.1 Å².